The van der Waals surface area contributed by atoms with Gasteiger partial charge in [0.1, 0.15) is 5.82 Å². The zero-order valence-corrected chi connectivity index (χ0v) is 14.3. The molecule has 21 heavy (non-hydrogen) atoms. The fourth-order valence-corrected chi connectivity index (χ4v) is 4.24. The average Bonchev–Trinajstić information content (AvgIpc) is 2.88. The molecule has 0 saturated heterocycles. The van der Waals surface area contributed by atoms with Crippen molar-refractivity contribution in [2.24, 2.45) is 0 Å². The number of aryl methyl sites for hydroxylation is 1. The summed E-state index contributed by atoms with van der Waals surface area (Å²) in [7, 11) is -0.482. The summed E-state index contributed by atoms with van der Waals surface area (Å²) in [6.07, 6.45) is 0.765. The van der Waals surface area contributed by atoms with Crippen molar-refractivity contribution >= 4 is 39.0 Å². The van der Waals surface area contributed by atoms with Gasteiger partial charge in [-0.3, -0.25) is 0 Å². The number of hydrogen-bond donors (Lipinski definition) is 1. The molecule has 0 amide bonds. The first-order chi connectivity index (χ1) is 9.84. The van der Waals surface area contributed by atoms with E-state index in [9.17, 15) is 8.42 Å². The Morgan fingerprint density at radius 2 is 2.10 bits per heavy atom. The number of nitrogens with two attached hydrogens (primary N) is 1. The number of benzene rings is 1. The van der Waals surface area contributed by atoms with Gasteiger partial charge in [-0.15, -0.1) is 0 Å². The third-order valence-electron chi connectivity index (χ3n) is 2.73. The average molecular weight is 344 g/mol. The van der Waals surface area contributed by atoms with Gasteiger partial charge in [0.15, 0.2) is 4.34 Å². The SMILES string of the molecule is CCc1nsc(Sc2cc(S(=O)(=O)N(C)C)ccc2N)n1. The maximum atomic E-state index is 12.1. The van der Waals surface area contributed by atoms with Crippen LogP contribution in [0.5, 0.6) is 0 Å². The minimum absolute atomic E-state index is 0.212. The topological polar surface area (TPSA) is 89.2 Å². The first-order valence-electron chi connectivity index (χ1n) is 6.17. The summed E-state index contributed by atoms with van der Waals surface area (Å²) in [6.45, 7) is 1.98. The van der Waals surface area contributed by atoms with Gasteiger partial charge in [-0.05, 0) is 29.7 Å². The lowest BCUT2D eigenvalue weighted by Gasteiger charge is -2.12. The summed E-state index contributed by atoms with van der Waals surface area (Å²) in [5.74, 6) is 0.776. The second kappa shape index (κ2) is 6.30. The van der Waals surface area contributed by atoms with Gasteiger partial charge < -0.3 is 5.73 Å². The molecule has 9 heteroatoms. The molecule has 6 nitrogen and oxygen atoms in total. The molecule has 0 aliphatic rings. The highest BCUT2D eigenvalue weighted by Crippen LogP contribution is 2.34. The number of nitrogen functional groups attached to an aromatic ring is 1. The van der Waals surface area contributed by atoms with E-state index in [4.69, 9.17) is 5.73 Å². The minimum Gasteiger partial charge on any atom is -0.398 e. The summed E-state index contributed by atoms with van der Waals surface area (Å²) in [5, 5.41) is 0. The van der Waals surface area contributed by atoms with E-state index in [2.05, 4.69) is 9.36 Å². The number of nitrogens with zero attached hydrogens (tertiary/aromatic N) is 3. The largest absolute Gasteiger partial charge is 0.398 e. The van der Waals surface area contributed by atoms with E-state index in [1.807, 2.05) is 6.92 Å². The van der Waals surface area contributed by atoms with Gasteiger partial charge in [0.05, 0.1) is 4.90 Å². The minimum atomic E-state index is -3.48. The van der Waals surface area contributed by atoms with E-state index in [1.165, 1.54) is 47.8 Å². The molecule has 2 aromatic rings. The summed E-state index contributed by atoms with van der Waals surface area (Å²) < 4.78 is 30.4. The van der Waals surface area contributed by atoms with Crippen LogP contribution in [0.1, 0.15) is 12.7 Å². The Bertz CT molecular complexity index is 741. The molecule has 0 radical (unpaired) electrons. The number of sulfonamides is 1. The molecular weight excluding hydrogens is 328 g/mol. The molecule has 0 atom stereocenters. The van der Waals surface area contributed by atoms with Crippen molar-refractivity contribution in [1.82, 2.24) is 13.7 Å². The summed E-state index contributed by atoms with van der Waals surface area (Å²) in [5.41, 5.74) is 6.44. The maximum absolute atomic E-state index is 12.1. The van der Waals surface area contributed by atoms with E-state index < -0.39 is 10.0 Å². The first kappa shape index (κ1) is 16.2. The fourth-order valence-electron chi connectivity index (χ4n) is 1.49. The van der Waals surface area contributed by atoms with E-state index in [0.29, 0.717) is 10.6 Å². The first-order valence-corrected chi connectivity index (χ1v) is 9.20. The van der Waals surface area contributed by atoms with Crippen molar-refractivity contribution in [3.8, 4) is 0 Å². The number of rotatable bonds is 5. The highest BCUT2D eigenvalue weighted by molar-refractivity contribution is 8.01. The standard InChI is InChI=1S/C12H16N4O2S3/c1-4-11-14-12(20-15-11)19-10-7-8(5-6-9(10)13)21(17,18)16(2)3/h5-7H,4,13H2,1-3H3. The highest BCUT2D eigenvalue weighted by Gasteiger charge is 2.19. The monoisotopic (exact) mass is 344 g/mol. The third kappa shape index (κ3) is 3.54. The van der Waals surface area contributed by atoms with Crippen molar-refractivity contribution in [3.63, 3.8) is 0 Å². The highest BCUT2D eigenvalue weighted by atomic mass is 32.2. The molecule has 2 N–H and O–H groups in total. The molecule has 1 aromatic carbocycles. The Kier molecular flexibility index (Phi) is 4.87. The zero-order valence-electron chi connectivity index (χ0n) is 11.9. The molecule has 114 valence electrons. The summed E-state index contributed by atoms with van der Waals surface area (Å²) in [6, 6.07) is 4.68. The van der Waals surface area contributed by atoms with E-state index in [0.717, 1.165) is 16.6 Å². The van der Waals surface area contributed by atoms with Crippen molar-refractivity contribution in [3.05, 3.63) is 24.0 Å². The van der Waals surface area contributed by atoms with Gasteiger partial charge >= 0.3 is 0 Å². The van der Waals surface area contributed by atoms with Crippen molar-refractivity contribution in [1.29, 1.82) is 0 Å². The second-order valence-corrected chi connectivity index (χ2v) is 8.61. The zero-order chi connectivity index (χ0) is 15.6. The number of anilines is 1. The number of hydrogen-bond acceptors (Lipinski definition) is 7. The van der Waals surface area contributed by atoms with Gasteiger partial charge in [0.25, 0.3) is 0 Å². The van der Waals surface area contributed by atoms with Crippen LogP contribution in [-0.4, -0.2) is 36.2 Å². The van der Waals surface area contributed by atoms with E-state index in [-0.39, 0.29) is 4.90 Å². The van der Waals surface area contributed by atoms with Crippen LogP contribution in [0.25, 0.3) is 0 Å². The van der Waals surface area contributed by atoms with Crippen LogP contribution in [0.15, 0.2) is 32.3 Å². The normalized spacial score (nSPS) is 12.0. The Balaban J connectivity index is 2.36. The molecule has 1 aromatic heterocycles. The number of aromatic nitrogens is 2. The lowest BCUT2D eigenvalue weighted by Crippen LogP contribution is -2.22. The fraction of sp³-hybridized carbons (Fsp3) is 0.333. The predicted molar refractivity (Wildman–Crippen MR) is 85.1 cm³/mol. The third-order valence-corrected chi connectivity index (χ3v) is 6.40. The summed E-state index contributed by atoms with van der Waals surface area (Å²) in [4.78, 5) is 5.22. The van der Waals surface area contributed by atoms with Crippen LogP contribution in [0.3, 0.4) is 0 Å². The summed E-state index contributed by atoms with van der Waals surface area (Å²) >= 11 is 2.61. The van der Waals surface area contributed by atoms with Crippen LogP contribution >= 0.6 is 23.3 Å². The van der Waals surface area contributed by atoms with Crippen LogP contribution in [0.4, 0.5) is 5.69 Å². The Morgan fingerprint density at radius 1 is 1.38 bits per heavy atom. The maximum Gasteiger partial charge on any atom is 0.242 e. The molecule has 0 bridgehead atoms. The second-order valence-electron chi connectivity index (χ2n) is 4.42. The lowest BCUT2D eigenvalue weighted by atomic mass is 10.3. The predicted octanol–water partition coefficient (Wildman–Crippen LogP) is 2.08. The van der Waals surface area contributed by atoms with E-state index in [1.54, 1.807) is 12.1 Å². The lowest BCUT2D eigenvalue weighted by molar-refractivity contribution is 0.520. The quantitative estimate of drug-likeness (QED) is 0.835. The van der Waals surface area contributed by atoms with E-state index >= 15 is 0 Å². The van der Waals surface area contributed by atoms with Crippen molar-refractivity contribution in [2.75, 3.05) is 19.8 Å². The molecule has 0 aliphatic heterocycles. The molecule has 0 saturated carbocycles. The molecule has 0 fully saturated rings. The molecule has 0 unspecified atom stereocenters. The molecule has 1 heterocycles. The van der Waals surface area contributed by atoms with Gasteiger partial charge in [-0.2, -0.15) is 4.37 Å². The Hall–Kier alpha value is -1.16. The van der Waals surface area contributed by atoms with Crippen molar-refractivity contribution in [2.45, 2.75) is 27.5 Å². The molecule has 2 rings (SSSR count). The Morgan fingerprint density at radius 3 is 2.67 bits per heavy atom. The van der Waals surface area contributed by atoms with Crippen LogP contribution in [-0.2, 0) is 16.4 Å². The van der Waals surface area contributed by atoms with Gasteiger partial charge in [-0.1, -0.05) is 18.7 Å². The smallest absolute Gasteiger partial charge is 0.242 e. The van der Waals surface area contributed by atoms with Crippen LogP contribution in [0, 0.1) is 0 Å². The van der Waals surface area contributed by atoms with Crippen molar-refractivity contribution < 1.29 is 8.42 Å². The molecule has 0 aliphatic carbocycles. The van der Waals surface area contributed by atoms with Gasteiger partial charge in [0.2, 0.25) is 10.0 Å². The Labute approximate surface area is 132 Å². The van der Waals surface area contributed by atoms with Gasteiger partial charge in [0, 0.05) is 31.1 Å². The molecule has 0 spiro atoms. The van der Waals surface area contributed by atoms with Crippen LogP contribution < -0.4 is 5.73 Å². The molecular formula is C12H16N4O2S3. The van der Waals surface area contributed by atoms with Gasteiger partial charge in [-0.25, -0.2) is 17.7 Å². The van der Waals surface area contributed by atoms with Crippen LogP contribution in [0.2, 0.25) is 0 Å².